The number of carbonyl (C=O) groups is 1. The molecule has 0 aliphatic rings. The zero-order valence-corrected chi connectivity index (χ0v) is 19.3. The van der Waals surface area contributed by atoms with Gasteiger partial charge in [0.1, 0.15) is 0 Å². The Morgan fingerprint density at radius 1 is 1.03 bits per heavy atom. The molecule has 2 heterocycles. The van der Waals surface area contributed by atoms with Gasteiger partial charge in [0.25, 0.3) is 5.91 Å². The van der Waals surface area contributed by atoms with Gasteiger partial charge in [-0.1, -0.05) is 72.0 Å². The number of hydrogen-bond donors (Lipinski definition) is 0. The highest BCUT2D eigenvalue weighted by atomic mass is 32.1. The second kappa shape index (κ2) is 9.10. The fourth-order valence-corrected chi connectivity index (χ4v) is 5.17. The summed E-state index contributed by atoms with van der Waals surface area (Å²) in [6, 6.07) is 25.6. The van der Waals surface area contributed by atoms with Gasteiger partial charge in [-0.2, -0.15) is 4.99 Å². The van der Waals surface area contributed by atoms with Crippen LogP contribution in [0.5, 0.6) is 0 Å². The predicted molar refractivity (Wildman–Crippen MR) is 134 cm³/mol. The van der Waals surface area contributed by atoms with E-state index < -0.39 is 0 Å². The molecular weight excluding hydrogens is 430 g/mol. The van der Waals surface area contributed by atoms with E-state index >= 15 is 0 Å². The third-order valence-corrected chi connectivity index (χ3v) is 6.68. The van der Waals surface area contributed by atoms with Gasteiger partial charge in [-0.25, -0.2) is 4.98 Å². The van der Waals surface area contributed by atoms with Crippen LogP contribution < -0.4 is 4.80 Å². The van der Waals surface area contributed by atoms with Crippen LogP contribution in [0.4, 0.5) is 0 Å². The number of amides is 1. The Labute approximate surface area is 195 Å². The first kappa shape index (κ1) is 21.2. The SMILES string of the molecule is COCCn1c(=NC(=O)c2cc(-c3ccccc3)nc3ccccc23)sc2cccc(C)c21. The predicted octanol–water partition coefficient (Wildman–Crippen LogP) is 5.61. The minimum absolute atomic E-state index is 0.277. The average molecular weight is 454 g/mol. The van der Waals surface area contributed by atoms with Crippen molar-refractivity contribution in [3.8, 4) is 11.3 Å². The zero-order chi connectivity index (χ0) is 22.8. The van der Waals surface area contributed by atoms with Crippen LogP contribution in [-0.2, 0) is 11.3 Å². The number of fused-ring (bicyclic) bond motifs is 2. The van der Waals surface area contributed by atoms with Gasteiger partial charge in [0.05, 0.1) is 33.6 Å². The maximum Gasteiger partial charge on any atom is 0.280 e. The summed E-state index contributed by atoms with van der Waals surface area (Å²) < 4.78 is 8.50. The van der Waals surface area contributed by atoms with Crippen LogP contribution in [0.2, 0.25) is 0 Å². The number of ether oxygens (including phenoxy) is 1. The standard InChI is InChI=1S/C27H23N3O2S/c1-18-9-8-14-24-25(18)30(15-16-32-2)27(33-24)29-26(31)21-17-23(19-10-4-3-5-11-19)28-22-13-7-6-12-20(21)22/h3-14,17H,15-16H2,1-2H3. The lowest BCUT2D eigenvalue weighted by molar-refractivity contribution is 0.0999. The smallest absolute Gasteiger partial charge is 0.280 e. The average Bonchev–Trinajstić information content (AvgIpc) is 3.20. The third-order valence-electron chi connectivity index (χ3n) is 5.64. The van der Waals surface area contributed by atoms with Crippen molar-refractivity contribution in [2.24, 2.45) is 4.99 Å². The minimum atomic E-state index is -0.277. The molecule has 6 heteroatoms. The van der Waals surface area contributed by atoms with Crippen LogP contribution in [0, 0.1) is 6.92 Å². The highest BCUT2D eigenvalue weighted by Gasteiger charge is 2.15. The second-order valence-corrected chi connectivity index (χ2v) is 8.82. The van der Waals surface area contributed by atoms with Crippen LogP contribution >= 0.6 is 11.3 Å². The molecule has 3 aromatic carbocycles. The Bertz CT molecular complexity index is 1530. The van der Waals surface area contributed by atoms with E-state index in [1.165, 1.54) is 11.3 Å². The Hall–Kier alpha value is -3.61. The number of aromatic nitrogens is 2. The van der Waals surface area contributed by atoms with Gasteiger partial charge in [0, 0.05) is 24.6 Å². The summed E-state index contributed by atoms with van der Waals surface area (Å²) in [5.41, 5.74) is 5.28. The van der Waals surface area contributed by atoms with E-state index in [0.717, 1.165) is 37.9 Å². The number of benzene rings is 3. The fraction of sp³-hybridized carbons (Fsp3) is 0.148. The van der Waals surface area contributed by atoms with Crippen LogP contribution in [0.3, 0.4) is 0 Å². The first-order valence-electron chi connectivity index (χ1n) is 10.8. The summed E-state index contributed by atoms with van der Waals surface area (Å²) in [6.45, 7) is 3.24. The molecular formula is C27H23N3O2S. The number of methoxy groups -OCH3 is 1. The summed E-state index contributed by atoms with van der Waals surface area (Å²) >= 11 is 1.52. The number of carbonyl (C=O) groups excluding carboxylic acids is 1. The van der Waals surface area contributed by atoms with Gasteiger partial charge in [0.15, 0.2) is 4.80 Å². The lowest BCUT2D eigenvalue weighted by atomic mass is 10.0. The molecule has 33 heavy (non-hydrogen) atoms. The number of thiazole rings is 1. The molecule has 0 radical (unpaired) electrons. The Balaban J connectivity index is 1.70. The third kappa shape index (κ3) is 4.11. The molecule has 2 aromatic heterocycles. The summed E-state index contributed by atoms with van der Waals surface area (Å²) in [6.07, 6.45) is 0. The normalized spacial score (nSPS) is 12.0. The molecule has 0 unspecified atom stereocenters. The van der Waals surface area contributed by atoms with Crippen LogP contribution in [0.1, 0.15) is 15.9 Å². The van der Waals surface area contributed by atoms with Crippen LogP contribution in [0.25, 0.3) is 32.4 Å². The summed E-state index contributed by atoms with van der Waals surface area (Å²) in [5.74, 6) is -0.277. The Morgan fingerprint density at radius 2 is 1.82 bits per heavy atom. The quantitative estimate of drug-likeness (QED) is 0.347. The Kier molecular flexibility index (Phi) is 5.86. The first-order chi connectivity index (χ1) is 16.2. The van der Waals surface area contributed by atoms with Crippen molar-refractivity contribution >= 4 is 38.4 Å². The van der Waals surface area contributed by atoms with Crippen molar-refractivity contribution < 1.29 is 9.53 Å². The van der Waals surface area contributed by atoms with Gasteiger partial charge in [0.2, 0.25) is 0 Å². The van der Waals surface area contributed by atoms with Gasteiger partial charge in [-0.05, 0) is 30.7 Å². The second-order valence-electron chi connectivity index (χ2n) is 7.81. The molecule has 0 aliphatic heterocycles. The van der Waals surface area contributed by atoms with E-state index in [9.17, 15) is 4.79 Å². The number of nitrogens with zero attached hydrogens (tertiary/aromatic N) is 3. The number of aryl methyl sites for hydroxylation is 1. The van der Waals surface area contributed by atoms with Crippen LogP contribution in [0.15, 0.2) is 83.9 Å². The molecule has 0 saturated heterocycles. The van der Waals surface area contributed by atoms with E-state index in [1.54, 1.807) is 7.11 Å². The Morgan fingerprint density at radius 3 is 2.64 bits per heavy atom. The molecule has 164 valence electrons. The summed E-state index contributed by atoms with van der Waals surface area (Å²) in [5, 5.41) is 0.798. The topological polar surface area (TPSA) is 56.5 Å². The van der Waals surface area contributed by atoms with E-state index in [4.69, 9.17) is 9.72 Å². The molecule has 1 amide bonds. The minimum Gasteiger partial charge on any atom is -0.383 e. The van der Waals surface area contributed by atoms with E-state index in [2.05, 4.69) is 28.6 Å². The van der Waals surface area contributed by atoms with E-state index in [1.807, 2.05) is 66.7 Å². The molecule has 0 spiro atoms. The van der Waals surface area contributed by atoms with E-state index in [-0.39, 0.29) is 5.91 Å². The molecule has 0 bridgehead atoms. The number of hydrogen-bond acceptors (Lipinski definition) is 4. The number of pyridine rings is 1. The number of rotatable bonds is 5. The molecule has 0 aliphatic carbocycles. The van der Waals surface area contributed by atoms with Gasteiger partial charge < -0.3 is 9.30 Å². The van der Waals surface area contributed by atoms with Crippen molar-refractivity contribution in [1.82, 2.24) is 9.55 Å². The van der Waals surface area contributed by atoms with Gasteiger partial charge in [-0.3, -0.25) is 4.79 Å². The lowest BCUT2D eigenvalue weighted by Crippen LogP contribution is -2.20. The molecule has 0 fully saturated rings. The van der Waals surface area contributed by atoms with Crippen molar-refractivity contribution in [3.63, 3.8) is 0 Å². The molecule has 5 nitrogen and oxygen atoms in total. The van der Waals surface area contributed by atoms with Crippen molar-refractivity contribution in [2.75, 3.05) is 13.7 Å². The van der Waals surface area contributed by atoms with Crippen molar-refractivity contribution in [3.05, 3.63) is 94.8 Å². The summed E-state index contributed by atoms with van der Waals surface area (Å²) in [4.78, 5) is 23.6. The zero-order valence-electron chi connectivity index (χ0n) is 18.5. The highest BCUT2D eigenvalue weighted by Crippen LogP contribution is 2.26. The molecule has 5 rings (SSSR count). The highest BCUT2D eigenvalue weighted by molar-refractivity contribution is 7.16. The molecule has 0 saturated carbocycles. The molecule has 5 aromatic rings. The van der Waals surface area contributed by atoms with E-state index in [0.29, 0.717) is 23.5 Å². The molecule has 0 atom stereocenters. The fourth-order valence-electron chi connectivity index (χ4n) is 4.04. The lowest BCUT2D eigenvalue weighted by Gasteiger charge is -2.08. The van der Waals surface area contributed by atoms with Crippen LogP contribution in [-0.4, -0.2) is 29.2 Å². The monoisotopic (exact) mass is 453 g/mol. The largest absolute Gasteiger partial charge is 0.383 e. The summed E-state index contributed by atoms with van der Waals surface area (Å²) in [7, 11) is 1.68. The maximum absolute atomic E-state index is 13.6. The van der Waals surface area contributed by atoms with Crippen molar-refractivity contribution in [2.45, 2.75) is 13.5 Å². The maximum atomic E-state index is 13.6. The molecule has 0 N–H and O–H groups in total. The number of para-hydroxylation sites is 2. The van der Waals surface area contributed by atoms with Crippen molar-refractivity contribution in [1.29, 1.82) is 0 Å². The van der Waals surface area contributed by atoms with Gasteiger partial charge in [-0.15, -0.1) is 0 Å². The first-order valence-corrected chi connectivity index (χ1v) is 11.6. The van der Waals surface area contributed by atoms with Gasteiger partial charge >= 0.3 is 0 Å².